The van der Waals surface area contributed by atoms with Crippen molar-refractivity contribution in [1.29, 1.82) is 0 Å². The van der Waals surface area contributed by atoms with Crippen molar-refractivity contribution in [2.45, 2.75) is 26.7 Å². The number of aromatic nitrogens is 2. The predicted molar refractivity (Wildman–Crippen MR) is 175 cm³/mol. The minimum Gasteiger partial charge on any atom is -0.496 e. The number of hydrogen-bond acceptors (Lipinski definition) is 7. The molecule has 0 fully saturated rings. The number of carbonyl (C=O) groups is 1. The Morgan fingerprint density at radius 1 is 0.977 bits per heavy atom. The van der Waals surface area contributed by atoms with Gasteiger partial charge in [0, 0.05) is 40.7 Å². The molecule has 5 aromatic rings. The van der Waals surface area contributed by atoms with E-state index in [4.69, 9.17) is 31.0 Å². The normalized spacial score (nSPS) is 10.8. The van der Waals surface area contributed by atoms with Crippen molar-refractivity contribution in [2.24, 2.45) is 0 Å². The fraction of sp³-hybridized carbons (Fsp3) is 0.206. The van der Waals surface area contributed by atoms with Gasteiger partial charge in [0.1, 0.15) is 23.1 Å². The average molecular weight is 596 g/mol. The number of ether oxygens (including phenoxy) is 2. The first-order valence-corrected chi connectivity index (χ1v) is 14.4. The Bertz CT molecular complexity index is 1760. The highest BCUT2D eigenvalue weighted by atomic mass is 35.5. The van der Waals surface area contributed by atoms with Gasteiger partial charge in [-0.3, -0.25) is 4.79 Å². The first-order chi connectivity index (χ1) is 21.0. The molecule has 9 heteroatoms. The molecule has 0 radical (unpaired) electrons. The highest BCUT2D eigenvalue weighted by Crippen LogP contribution is 2.44. The summed E-state index contributed by atoms with van der Waals surface area (Å²) in [5.74, 6) is 2.52. The van der Waals surface area contributed by atoms with Gasteiger partial charge in [0.2, 0.25) is 6.41 Å². The van der Waals surface area contributed by atoms with Gasteiger partial charge in [-0.05, 0) is 49.1 Å². The molecule has 5 rings (SSSR count). The minimum absolute atomic E-state index is 0.475. The number of rotatable bonds is 12. The van der Waals surface area contributed by atoms with Crippen LogP contribution >= 0.6 is 11.6 Å². The second kappa shape index (κ2) is 13.4. The standard InChI is InChI=1S/C34H34ClN5O3/c1-5-24-28(42-3)18-29(43-4)32(35)31(24)27-16-23-19-37-30(40-33-21(2)10-9-13-26(33)38-20-41)17-25(23)34(39-27)36-15-14-22-11-7-6-8-12-22/h6-13,16-20H,5,14-15H2,1-4H3,(H,36,39)(H,37,40)(H,38,41). The third-order valence-corrected chi connectivity index (χ3v) is 7.73. The Morgan fingerprint density at radius 3 is 2.49 bits per heavy atom. The molecule has 3 N–H and O–H groups in total. The average Bonchev–Trinajstić information content (AvgIpc) is 3.03. The predicted octanol–water partition coefficient (Wildman–Crippen LogP) is 7.80. The molecule has 0 atom stereocenters. The number of benzene rings is 3. The third-order valence-electron chi connectivity index (χ3n) is 7.35. The van der Waals surface area contributed by atoms with E-state index in [1.807, 2.05) is 67.7 Å². The lowest BCUT2D eigenvalue weighted by molar-refractivity contribution is -0.105. The number of pyridine rings is 2. The van der Waals surface area contributed by atoms with Crippen LogP contribution in [0.2, 0.25) is 5.02 Å². The van der Waals surface area contributed by atoms with E-state index in [1.54, 1.807) is 14.2 Å². The molecular formula is C34H34ClN5O3. The van der Waals surface area contributed by atoms with E-state index >= 15 is 0 Å². The van der Waals surface area contributed by atoms with Gasteiger partial charge >= 0.3 is 0 Å². The van der Waals surface area contributed by atoms with Gasteiger partial charge in [-0.25, -0.2) is 9.97 Å². The first-order valence-electron chi connectivity index (χ1n) is 14.1. The summed E-state index contributed by atoms with van der Waals surface area (Å²) in [7, 11) is 3.22. The van der Waals surface area contributed by atoms with Crippen molar-refractivity contribution in [3.63, 3.8) is 0 Å². The Hall–Kier alpha value is -4.82. The Morgan fingerprint density at radius 2 is 1.77 bits per heavy atom. The maximum absolute atomic E-state index is 11.2. The summed E-state index contributed by atoms with van der Waals surface area (Å²) >= 11 is 6.92. The van der Waals surface area contributed by atoms with Crippen LogP contribution in [0.3, 0.4) is 0 Å². The van der Waals surface area contributed by atoms with Gasteiger partial charge in [-0.15, -0.1) is 0 Å². The van der Waals surface area contributed by atoms with Gasteiger partial charge in [-0.2, -0.15) is 0 Å². The molecule has 3 aromatic carbocycles. The number of para-hydroxylation sites is 1. The van der Waals surface area contributed by atoms with Gasteiger partial charge < -0.3 is 25.4 Å². The number of fused-ring (bicyclic) bond motifs is 1. The molecule has 220 valence electrons. The molecule has 2 heterocycles. The van der Waals surface area contributed by atoms with Crippen molar-refractivity contribution in [3.05, 3.63) is 94.6 Å². The molecule has 0 spiro atoms. The number of anilines is 4. The number of carbonyl (C=O) groups excluding carboxylic acids is 1. The fourth-order valence-corrected chi connectivity index (χ4v) is 5.53. The largest absolute Gasteiger partial charge is 0.496 e. The van der Waals surface area contributed by atoms with Crippen LogP contribution in [-0.2, 0) is 17.6 Å². The second-order valence-corrected chi connectivity index (χ2v) is 10.4. The summed E-state index contributed by atoms with van der Waals surface area (Å²) in [6.07, 6.45) is 3.99. The zero-order valence-corrected chi connectivity index (χ0v) is 25.4. The van der Waals surface area contributed by atoms with Gasteiger partial charge in [-0.1, -0.05) is 61.0 Å². The van der Waals surface area contributed by atoms with Crippen LogP contribution in [0.1, 0.15) is 23.6 Å². The maximum atomic E-state index is 11.2. The number of halogens is 1. The van der Waals surface area contributed by atoms with Gasteiger partial charge in [0.25, 0.3) is 0 Å². The van der Waals surface area contributed by atoms with E-state index in [9.17, 15) is 4.79 Å². The molecule has 2 aromatic heterocycles. The highest BCUT2D eigenvalue weighted by Gasteiger charge is 2.21. The van der Waals surface area contributed by atoms with Gasteiger partial charge in [0.05, 0.1) is 36.3 Å². The smallest absolute Gasteiger partial charge is 0.211 e. The van der Waals surface area contributed by atoms with Crippen LogP contribution in [-0.4, -0.2) is 37.1 Å². The molecular weight excluding hydrogens is 562 g/mol. The number of aryl methyl sites for hydroxylation is 1. The van der Waals surface area contributed by atoms with Crippen LogP contribution in [0.15, 0.2) is 72.9 Å². The Labute approximate surface area is 256 Å². The molecule has 1 amide bonds. The van der Waals surface area contributed by atoms with Crippen LogP contribution in [0.4, 0.5) is 23.0 Å². The summed E-state index contributed by atoms with van der Waals surface area (Å²) < 4.78 is 11.3. The van der Waals surface area contributed by atoms with E-state index in [0.29, 0.717) is 58.9 Å². The molecule has 8 nitrogen and oxygen atoms in total. The summed E-state index contributed by atoms with van der Waals surface area (Å²) in [6.45, 7) is 4.70. The Kier molecular flexibility index (Phi) is 9.27. The zero-order chi connectivity index (χ0) is 30.3. The molecule has 0 aliphatic heterocycles. The number of nitrogens with zero attached hydrogens (tertiary/aromatic N) is 2. The second-order valence-electron chi connectivity index (χ2n) is 10.00. The lowest BCUT2D eigenvalue weighted by atomic mass is 9.98. The number of nitrogens with one attached hydrogen (secondary N) is 3. The van der Waals surface area contributed by atoms with Crippen LogP contribution in [0, 0.1) is 6.92 Å². The Balaban J connectivity index is 1.63. The fourth-order valence-electron chi connectivity index (χ4n) is 5.19. The van der Waals surface area contributed by atoms with Crippen molar-refractivity contribution in [1.82, 2.24) is 9.97 Å². The quantitative estimate of drug-likeness (QED) is 0.127. The van der Waals surface area contributed by atoms with E-state index in [1.165, 1.54) is 5.56 Å². The van der Waals surface area contributed by atoms with E-state index in [2.05, 4.69) is 35.0 Å². The van der Waals surface area contributed by atoms with Crippen LogP contribution < -0.4 is 25.4 Å². The third kappa shape index (κ3) is 6.34. The molecule has 0 saturated carbocycles. The van der Waals surface area contributed by atoms with E-state index < -0.39 is 0 Å². The SMILES string of the molecule is CCc1c(OC)cc(OC)c(Cl)c1-c1cc2cnc(Nc3c(C)cccc3NC=O)cc2c(NCCc2ccccc2)n1. The maximum Gasteiger partial charge on any atom is 0.211 e. The van der Waals surface area contributed by atoms with Crippen LogP contribution in [0.5, 0.6) is 11.5 Å². The summed E-state index contributed by atoms with van der Waals surface area (Å²) in [5, 5.41) is 12.0. The zero-order valence-electron chi connectivity index (χ0n) is 24.6. The topological polar surface area (TPSA) is 97.4 Å². The van der Waals surface area contributed by atoms with E-state index in [0.717, 1.165) is 39.6 Å². The van der Waals surface area contributed by atoms with Crippen molar-refractivity contribution >= 4 is 51.8 Å². The van der Waals surface area contributed by atoms with Crippen molar-refractivity contribution in [2.75, 3.05) is 36.7 Å². The van der Waals surface area contributed by atoms with Crippen molar-refractivity contribution < 1.29 is 14.3 Å². The van der Waals surface area contributed by atoms with Crippen LogP contribution in [0.25, 0.3) is 22.0 Å². The first kappa shape index (κ1) is 29.7. The summed E-state index contributed by atoms with van der Waals surface area (Å²) in [4.78, 5) is 21.0. The lowest BCUT2D eigenvalue weighted by Crippen LogP contribution is -2.08. The minimum atomic E-state index is 0.475. The molecule has 0 aliphatic rings. The number of methoxy groups -OCH3 is 2. The number of hydrogen-bond donors (Lipinski definition) is 3. The summed E-state index contributed by atoms with van der Waals surface area (Å²) in [5.41, 5.74) is 6.03. The molecule has 0 aliphatic carbocycles. The molecule has 0 unspecified atom stereocenters. The van der Waals surface area contributed by atoms with Gasteiger partial charge in [0.15, 0.2) is 0 Å². The van der Waals surface area contributed by atoms with Crippen molar-refractivity contribution in [3.8, 4) is 22.8 Å². The molecule has 43 heavy (non-hydrogen) atoms. The summed E-state index contributed by atoms with van der Waals surface area (Å²) in [6, 6.07) is 21.8. The molecule has 0 bridgehead atoms. The highest BCUT2D eigenvalue weighted by molar-refractivity contribution is 6.35. The number of amides is 1. The monoisotopic (exact) mass is 595 g/mol. The molecule has 0 saturated heterocycles. The van der Waals surface area contributed by atoms with E-state index in [-0.39, 0.29) is 0 Å². The lowest BCUT2D eigenvalue weighted by Gasteiger charge is -2.19.